The highest BCUT2D eigenvalue weighted by Gasteiger charge is 2.26. The maximum Gasteiger partial charge on any atom is 0.246 e. The lowest BCUT2D eigenvalue weighted by Gasteiger charge is -2.20. The van der Waals surface area contributed by atoms with Gasteiger partial charge in [0.15, 0.2) is 5.82 Å². The number of rotatable bonds is 5. The third-order valence-corrected chi connectivity index (χ3v) is 2.90. The fraction of sp³-hybridized carbons (Fsp3) is 0.429. The van der Waals surface area contributed by atoms with Crippen LogP contribution in [0.15, 0.2) is 28.8 Å². The summed E-state index contributed by atoms with van der Waals surface area (Å²) in [5.74, 6) is 0.921. The zero-order valence-electron chi connectivity index (χ0n) is 11.4. The molecule has 0 aliphatic carbocycles. The second kappa shape index (κ2) is 5.48. The zero-order chi connectivity index (χ0) is 13.9. The van der Waals surface area contributed by atoms with Gasteiger partial charge in [-0.05, 0) is 38.1 Å². The van der Waals surface area contributed by atoms with Crippen molar-refractivity contribution < 1.29 is 8.91 Å². The van der Waals surface area contributed by atoms with Crippen LogP contribution in [0.5, 0.6) is 0 Å². The average Bonchev–Trinajstić information content (AvgIpc) is 2.81. The van der Waals surface area contributed by atoms with Gasteiger partial charge in [-0.3, -0.25) is 0 Å². The maximum atomic E-state index is 12.8. The Balaban J connectivity index is 2.11. The van der Waals surface area contributed by atoms with E-state index in [0.717, 1.165) is 12.1 Å². The molecule has 0 atom stereocenters. The summed E-state index contributed by atoms with van der Waals surface area (Å²) in [6.07, 6.45) is 0.534. The molecule has 1 aromatic carbocycles. The van der Waals surface area contributed by atoms with Crippen LogP contribution in [0.3, 0.4) is 0 Å². The number of hydrogen-bond donors (Lipinski definition) is 1. The summed E-state index contributed by atoms with van der Waals surface area (Å²) < 4.78 is 18.1. The van der Waals surface area contributed by atoms with Crippen LogP contribution >= 0.6 is 0 Å². The van der Waals surface area contributed by atoms with E-state index in [2.05, 4.69) is 15.5 Å². The van der Waals surface area contributed by atoms with Gasteiger partial charge in [0.05, 0.1) is 5.54 Å². The first kappa shape index (κ1) is 13.7. The largest absolute Gasteiger partial charge is 0.337 e. The second-order valence-electron chi connectivity index (χ2n) is 4.97. The van der Waals surface area contributed by atoms with Crippen LogP contribution in [0, 0.1) is 5.82 Å². The molecule has 0 aliphatic heterocycles. The molecular formula is C14H18FN3O. The molecule has 5 heteroatoms. The van der Waals surface area contributed by atoms with Gasteiger partial charge in [0, 0.05) is 6.42 Å². The molecule has 2 aromatic rings. The number of halogens is 1. The van der Waals surface area contributed by atoms with Crippen LogP contribution in [0.25, 0.3) is 0 Å². The SMILES string of the molecule is CCNC(C)(C)c1nc(Cc2ccc(F)cc2)no1. The Kier molecular flexibility index (Phi) is 3.95. The normalized spacial score (nSPS) is 11.8. The molecule has 1 heterocycles. The first-order chi connectivity index (χ1) is 9.01. The highest BCUT2D eigenvalue weighted by Crippen LogP contribution is 2.18. The van der Waals surface area contributed by atoms with Crippen molar-refractivity contribution in [2.24, 2.45) is 0 Å². The van der Waals surface area contributed by atoms with Crippen molar-refractivity contribution in [3.05, 3.63) is 47.4 Å². The molecule has 2 rings (SSSR count). The summed E-state index contributed by atoms with van der Waals surface area (Å²) in [5.41, 5.74) is 0.609. The van der Waals surface area contributed by atoms with Crippen LogP contribution in [0.1, 0.15) is 38.0 Å². The van der Waals surface area contributed by atoms with Gasteiger partial charge in [-0.2, -0.15) is 4.98 Å². The summed E-state index contributed by atoms with van der Waals surface area (Å²) in [4.78, 5) is 4.38. The van der Waals surface area contributed by atoms with Crippen LogP contribution in [-0.4, -0.2) is 16.7 Å². The minimum absolute atomic E-state index is 0.245. The van der Waals surface area contributed by atoms with E-state index in [0.29, 0.717) is 18.1 Å². The monoisotopic (exact) mass is 263 g/mol. The number of hydrogen-bond acceptors (Lipinski definition) is 4. The highest BCUT2D eigenvalue weighted by atomic mass is 19.1. The van der Waals surface area contributed by atoms with E-state index < -0.39 is 0 Å². The third-order valence-electron chi connectivity index (χ3n) is 2.90. The van der Waals surface area contributed by atoms with E-state index in [1.165, 1.54) is 12.1 Å². The van der Waals surface area contributed by atoms with Crippen LogP contribution < -0.4 is 5.32 Å². The molecule has 0 saturated carbocycles. The van der Waals surface area contributed by atoms with E-state index in [1.54, 1.807) is 12.1 Å². The van der Waals surface area contributed by atoms with Crippen molar-refractivity contribution >= 4 is 0 Å². The number of benzene rings is 1. The van der Waals surface area contributed by atoms with Gasteiger partial charge in [0.1, 0.15) is 5.82 Å². The van der Waals surface area contributed by atoms with Crippen molar-refractivity contribution in [1.82, 2.24) is 15.5 Å². The lowest BCUT2D eigenvalue weighted by atomic mass is 10.1. The fourth-order valence-corrected chi connectivity index (χ4v) is 1.88. The van der Waals surface area contributed by atoms with E-state index in [4.69, 9.17) is 4.52 Å². The van der Waals surface area contributed by atoms with Crippen LogP contribution in [0.4, 0.5) is 4.39 Å². The highest BCUT2D eigenvalue weighted by molar-refractivity contribution is 5.19. The summed E-state index contributed by atoms with van der Waals surface area (Å²) in [5, 5.41) is 7.24. The Labute approximate surface area is 112 Å². The Morgan fingerprint density at radius 1 is 1.26 bits per heavy atom. The molecule has 0 bridgehead atoms. The predicted molar refractivity (Wildman–Crippen MR) is 70.2 cm³/mol. The van der Waals surface area contributed by atoms with Gasteiger partial charge in [-0.1, -0.05) is 24.2 Å². The summed E-state index contributed by atoms with van der Waals surface area (Å²) in [6, 6.07) is 6.30. The Hall–Kier alpha value is -1.75. The van der Waals surface area contributed by atoms with Gasteiger partial charge in [0.2, 0.25) is 5.89 Å². The summed E-state index contributed by atoms with van der Waals surface area (Å²) in [6.45, 7) is 6.83. The smallest absolute Gasteiger partial charge is 0.246 e. The molecule has 1 N–H and O–H groups in total. The van der Waals surface area contributed by atoms with Gasteiger partial charge in [-0.25, -0.2) is 4.39 Å². The molecule has 0 aliphatic rings. The molecule has 0 amide bonds. The molecule has 0 unspecified atom stereocenters. The Morgan fingerprint density at radius 3 is 2.58 bits per heavy atom. The Bertz CT molecular complexity index is 534. The van der Waals surface area contributed by atoms with Crippen molar-refractivity contribution in [2.45, 2.75) is 32.7 Å². The van der Waals surface area contributed by atoms with E-state index in [-0.39, 0.29) is 11.4 Å². The van der Waals surface area contributed by atoms with E-state index in [1.807, 2.05) is 20.8 Å². The van der Waals surface area contributed by atoms with E-state index >= 15 is 0 Å². The number of nitrogens with zero attached hydrogens (tertiary/aromatic N) is 2. The molecule has 4 nitrogen and oxygen atoms in total. The van der Waals surface area contributed by atoms with Crippen LogP contribution in [0.2, 0.25) is 0 Å². The van der Waals surface area contributed by atoms with Crippen molar-refractivity contribution in [3.8, 4) is 0 Å². The number of nitrogens with one attached hydrogen (secondary N) is 1. The fourth-order valence-electron chi connectivity index (χ4n) is 1.88. The van der Waals surface area contributed by atoms with Gasteiger partial charge < -0.3 is 9.84 Å². The van der Waals surface area contributed by atoms with E-state index in [9.17, 15) is 4.39 Å². The maximum absolute atomic E-state index is 12.8. The van der Waals surface area contributed by atoms with Gasteiger partial charge >= 0.3 is 0 Å². The standard InChI is InChI=1S/C14H18FN3O/c1-4-16-14(2,3)13-17-12(18-19-13)9-10-5-7-11(15)8-6-10/h5-8,16H,4,9H2,1-3H3. The summed E-state index contributed by atoms with van der Waals surface area (Å²) in [7, 11) is 0. The number of aromatic nitrogens is 2. The molecule has 102 valence electrons. The predicted octanol–water partition coefficient (Wildman–Crippen LogP) is 2.64. The average molecular weight is 263 g/mol. The first-order valence-corrected chi connectivity index (χ1v) is 6.34. The second-order valence-corrected chi connectivity index (χ2v) is 4.97. The molecule has 19 heavy (non-hydrogen) atoms. The lowest BCUT2D eigenvalue weighted by molar-refractivity contribution is 0.271. The molecule has 0 radical (unpaired) electrons. The van der Waals surface area contributed by atoms with Gasteiger partial charge in [-0.15, -0.1) is 0 Å². The molecule has 0 spiro atoms. The van der Waals surface area contributed by atoms with Crippen molar-refractivity contribution in [1.29, 1.82) is 0 Å². The molecule has 1 aromatic heterocycles. The van der Waals surface area contributed by atoms with Crippen molar-refractivity contribution in [3.63, 3.8) is 0 Å². The van der Waals surface area contributed by atoms with Crippen molar-refractivity contribution in [2.75, 3.05) is 6.54 Å². The first-order valence-electron chi connectivity index (χ1n) is 6.34. The molecule has 0 saturated heterocycles. The van der Waals surface area contributed by atoms with Gasteiger partial charge in [0.25, 0.3) is 0 Å². The quantitative estimate of drug-likeness (QED) is 0.901. The molecular weight excluding hydrogens is 245 g/mol. The Morgan fingerprint density at radius 2 is 1.95 bits per heavy atom. The topological polar surface area (TPSA) is 51.0 Å². The summed E-state index contributed by atoms with van der Waals surface area (Å²) >= 11 is 0. The van der Waals surface area contributed by atoms with Crippen LogP contribution in [-0.2, 0) is 12.0 Å². The third kappa shape index (κ3) is 3.38. The lowest BCUT2D eigenvalue weighted by Crippen LogP contribution is -2.36. The zero-order valence-corrected chi connectivity index (χ0v) is 11.4. The minimum Gasteiger partial charge on any atom is -0.337 e. The molecule has 0 fully saturated rings. The minimum atomic E-state index is -0.344.